The van der Waals surface area contributed by atoms with Crippen LogP contribution in [-0.2, 0) is 19.6 Å². The van der Waals surface area contributed by atoms with E-state index >= 15 is 0 Å². The standard InChI is InChI=1S/C15H21N3O4S/c1-10-12(4-3-6-16-10)17-15(19)13-8-11-5-7-18(23(2,20)21)9-14(11)22-13/h3-4,6,11,13-14H,5,7-9H2,1-2H3,(H,17,19)/t11-,13+,14+/m0/s1. The summed E-state index contributed by atoms with van der Waals surface area (Å²) in [6.45, 7) is 2.66. The highest BCUT2D eigenvalue weighted by molar-refractivity contribution is 7.88. The quantitative estimate of drug-likeness (QED) is 0.878. The van der Waals surface area contributed by atoms with Gasteiger partial charge in [0.1, 0.15) is 6.10 Å². The van der Waals surface area contributed by atoms with Gasteiger partial charge in [0.25, 0.3) is 5.91 Å². The predicted octanol–water partition coefficient (Wildman–Crippen LogP) is 0.768. The number of hydrogen-bond acceptors (Lipinski definition) is 5. The van der Waals surface area contributed by atoms with Gasteiger partial charge in [-0.05, 0) is 37.8 Å². The molecule has 7 nitrogen and oxygen atoms in total. The van der Waals surface area contributed by atoms with Gasteiger partial charge in [-0.1, -0.05) is 0 Å². The number of pyridine rings is 1. The minimum absolute atomic E-state index is 0.193. The largest absolute Gasteiger partial charge is 0.363 e. The first kappa shape index (κ1) is 16.4. The molecule has 23 heavy (non-hydrogen) atoms. The van der Waals surface area contributed by atoms with E-state index in [1.807, 2.05) is 6.92 Å². The van der Waals surface area contributed by atoms with Gasteiger partial charge in [-0.15, -0.1) is 0 Å². The van der Waals surface area contributed by atoms with Crippen molar-refractivity contribution in [1.29, 1.82) is 0 Å². The van der Waals surface area contributed by atoms with Crippen LogP contribution in [-0.4, -0.2) is 55.2 Å². The SMILES string of the molecule is Cc1ncccc1NC(=O)[C@H]1C[C@@H]2CCN(S(C)(=O)=O)C[C@H]2O1. The highest BCUT2D eigenvalue weighted by Crippen LogP contribution is 2.34. The highest BCUT2D eigenvalue weighted by atomic mass is 32.2. The number of fused-ring (bicyclic) bond motifs is 1. The number of sulfonamides is 1. The molecule has 126 valence electrons. The third-order valence-corrected chi connectivity index (χ3v) is 5.81. The number of rotatable bonds is 3. The van der Waals surface area contributed by atoms with Crippen LogP contribution in [0.4, 0.5) is 5.69 Å². The van der Waals surface area contributed by atoms with Gasteiger partial charge < -0.3 is 10.1 Å². The van der Waals surface area contributed by atoms with Crippen molar-refractivity contribution in [3.05, 3.63) is 24.0 Å². The van der Waals surface area contributed by atoms with Gasteiger partial charge in [-0.3, -0.25) is 9.78 Å². The molecule has 2 aliphatic rings. The maximum absolute atomic E-state index is 12.4. The fourth-order valence-electron chi connectivity index (χ4n) is 3.20. The molecule has 0 radical (unpaired) electrons. The lowest BCUT2D eigenvalue weighted by Crippen LogP contribution is -2.44. The Labute approximate surface area is 136 Å². The normalized spacial score (nSPS) is 28.3. The Kier molecular flexibility index (Phi) is 4.39. The van der Waals surface area contributed by atoms with Crippen molar-refractivity contribution >= 4 is 21.6 Å². The Morgan fingerprint density at radius 2 is 2.26 bits per heavy atom. The van der Waals surface area contributed by atoms with Gasteiger partial charge in [0, 0.05) is 19.3 Å². The monoisotopic (exact) mass is 339 g/mol. The molecular formula is C15H21N3O4S. The van der Waals surface area contributed by atoms with Gasteiger partial charge in [-0.2, -0.15) is 4.31 Å². The van der Waals surface area contributed by atoms with Gasteiger partial charge in [-0.25, -0.2) is 8.42 Å². The summed E-state index contributed by atoms with van der Waals surface area (Å²) in [5.74, 6) is 0.0418. The molecule has 2 saturated heterocycles. The Hall–Kier alpha value is -1.51. The molecule has 1 aromatic rings. The number of piperidine rings is 1. The van der Waals surface area contributed by atoms with Gasteiger partial charge in [0.2, 0.25) is 10.0 Å². The van der Waals surface area contributed by atoms with Crippen molar-refractivity contribution in [3.8, 4) is 0 Å². The maximum atomic E-state index is 12.4. The van der Waals surface area contributed by atoms with Crippen LogP contribution in [0.3, 0.4) is 0 Å². The lowest BCUT2D eigenvalue weighted by Gasteiger charge is -2.32. The molecule has 1 amide bonds. The summed E-state index contributed by atoms with van der Waals surface area (Å²) in [6.07, 6.45) is 3.50. The average Bonchev–Trinajstić information content (AvgIpc) is 2.92. The number of anilines is 1. The van der Waals surface area contributed by atoms with Crippen LogP contribution >= 0.6 is 0 Å². The van der Waals surface area contributed by atoms with E-state index in [9.17, 15) is 13.2 Å². The van der Waals surface area contributed by atoms with E-state index in [2.05, 4.69) is 10.3 Å². The molecule has 0 unspecified atom stereocenters. The molecule has 1 aromatic heterocycles. The van der Waals surface area contributed by atoms with Gasteiger partial charge in [0.05, 0.1) is 23.7 Å². The van der Waals surface area contributed by atoms with Crippen LogP contribution in [0.25, 0.3) is 0 Å². The van der Waals surface area contributed by atoms with E-state index < -0.39 is 16.1 Å². The summed E-state index contributed by atoms with van der Waals surface area (Å²) in [5, 5.41) is 2.84. The first-order chi connectivity index (χ1) is 10.8. The second-order valence-electron chi connectivity index (χ2n) is 6.19. The Morgan fingerprint density at radius 1 is 1.48 bits per heavy atom. The van der Waals surface area contributed by atoms with E-state index in [1.54, 1.807) is 18.3 Å². The van der Waals surface area contributed by atoms with E-state index in [0.717, 1.165) is 12.1 Å². The average molecular weight is 339 g/mol. The smallest absolute Gasteiger partial charge is 0.253 e. The van der Waals surface area contributed by atoms with Crippen LogP contribution in [0.15, 0.2) is 18.3 Å². The summed E-state index contributed by atoms with van der Waals surface area (Å²) in [5.41, 5.74) is 1.42. The number of nitrogens with one attached hydrogen (secondary N) is 1. The van der Waals surface area contributed by atoms with Crippen LogP contribution in [0.1, 0.15) is 18.5 Å². The first-order valence-corrected chi connectivity index (χ1v) is 9.52. The molecule has 1 N–H and O–H groups in total. The fourth-order valence-corrected chi connectivity index (χ4v) is 4.06. The molecule has 3 rings (SSSR count). The van der Waals surface area contributed by atoms with Gasteiger partial charge >= 0.3 is 0 Å². The number of amides is 1. The van der Waals surface area contributed by atoms with Crippen molar-refractivity contribution in [2.45, 2.75) is 32.0 Å². The summed E-state index contributed by atoms with van der Waals surface area (Å²) < 4.78 is 30.6. The van der Waals surface area contributed by atoms with Crippen LogP contribution in [0.5, 0.6) is 0 Å². The molecule has 8 heteroatoms. The number of aryl methyl sites for hydroxylation is 1. The molecule has 3 heterocycles. The van der Waals surface area contributed by atoms with Crippen molar-refractivity contribution in [2.75, 3.05) is 24.7 Å². The van der Waals surface area contributed by atoms with E-state index in [-0.39, 0.29) is 17.9 Å². The molecular weight excluding hydrogens is 318 g/mol. The lowest BCUT2D eigenvalue weighted by molar-refractivity contribution is -0.127. The zero-order valence-corrected chi connectivity index (χ0v) is 14.0. The summed E-state index contributed by atoms with van der Waals surface area (Å²) in [7, 11) is -3.21. The summed E-state index contributed by atoms with van der Waals surface area (Å²) in [6, 6.07) is 3.56. The molecule has 0 bridgehead atoms. The Morgan fingerprint density at radius 3 is 2.96 bits per heavy atom. The first-order valence-electron chi connectivity index (χ1n) is 7.67. The van der Waals surface area contributed by atoms with E-state index in [1.165, 1.54) is 10.6 Å². The van der Waals surface area contributed by atoms with Crippen molar-refractivity contribution in [3.63, 3.8) is 0 Å². The second-order valence-corrected chi connectivity index (χ2v) is 8.18. The van der Waals surface area contributed by atoms with Crippen molar-refractivity contribution in [1.82, 2.24) is 9.29 Å². The zero-order chi connectivity index (χ0) is 16.6. The van der Waals surface area contributed by atoms with Crippen LogP contribution in [0.2, 0.25) is 0 Å². The molecule has 0 spiro atoms. The molecule has 2 fully saturated rings. The fraction of sp³-hybridized carbons (Fsp3) is 0.600. The predicted molar refractivity (Wildman–Crippen MR) is 85.4 cm³/mol. The van der Waals surface area contributed by atoms with Crippen LogP contribution in [0, 0.1) is 12.8 Å². The third-order valence-electron chi connectivity index (χ3n) is 4.54. The Bertz CT molecular complexity index is 706. The second kappa shape index (κ2) is 6.18. The van der Waals surface area contributed by atoms with E-state index in [4.69, 9.17) is 4.74 Å². The molecule has 2 aliphatic heterocycles. The molecule has 0 saturated carbocycles. The number of ether oxygens (including phenoxy) is 1. The summed E-state index contributed by atoms with van der Waals surface area (Å²) >= 11 is 0. The maximum Gasteiger partial charge on any atom is 0.253 e. The highest BCUT2D eigenvalue weighted by Gasteiger charge is 2.43. The number of hydrogen-bond donors (Lipinski definition) is 1. The molecule has 3 atom stereocenters. The van der Waals surface area contributed by atoms with Crippen molar-refractivity contribution < 1.29 is 17.9 Å². The molecule has 0 aliphatic carbocycles. The number of carbonyl (C=O) groups excluding carboxylic acids is 1. The zero-order valence-electron chi connectivity index (χ0n) is 13.2. The molecule has 0 aromatic carbocycles. The van der Waals surface area contributed by atoms with E-state index in [0.29, 0.717) is 25.2 Å². The number of carbonyl (C=O) groups is 1. The minimum atomic E-state index is -3.21. The number of aromatic nitrogens is 1. The lowest BCUT2D eigenvalue weighted by atomic mass is 9.93. The Balaban J connectivity index is 1.64. The topological polar surface area (TPSA) is 88.6 Å². The number of nitrogens with zero attached hydrogens (tertiary/aromatic N) is 2. The minimum Gasteiger partial charge on any atom is -0.363 e. The third kappa shape index (κ3) is 3.54. The summed E-state index contributed by atoms with van der Waals surface area (Å²) in [4.78, 5) is 16.5. The van der Waals surface area contributed by atoms with Crippen molar-refractivity contribution in [2.24, 2.45) is 5.92 Å². The van der Waals surface area contributed by atoms with Crippen LogP contribution < -0.4 is 5.32 Å². The van der Waals surface area contributed by atoms with Gasteiger partial charge in [0.15, 0.2) is 0 Å².